The van der Waals surface area contributed by atoms with Gasteiger partial charge in [-0.25, -0.2) is 9.59 Å². The molecule has 1 aliphatic rings. The number of ether oxygens (including phenoxy) is 1. The third kappa shape index (κ3) is 3.79. The van der Waals surface area contributed by atoms with Crippen LogP contribution in [0.3, 0.4) is 0 Å². The van der Waals surface area contributed by atoms with E-state index in [-0.39, 0.29) is 12.5 Å². The molecule has 0 aromatic heterocycles. The second-order valence-corrected chi connectivity index (χ2v) is 3.86. The molecule has 0 unspecified atom stereocenters. The average molecular weight is 235 g/mol. The van der Waals surface area contributed by atoms with Crippen LogP contribution in [0.5, 0.6) is 0 Å². The van der Waals surface area contributed by atoms with Crippen molar-refractivity contribution in [3.05, 3.63) is 35.9 Å². The standard InChI is InChI=1S/C12H13NO4/c14-11(10-6-7-10)17-13-12(15)16-8-9-4-2-1-3-5-9/h1-5,10H,6-8H2,(H,13,15). The molecule has 0 aliphatic heterocycles. The largest absolute Gasteiger partial charge is 0.443 e. The van der Waals surface area contributed by atoms with E-state index in [2.05, 4.69) is 4.84 Å². The van der Waals surface area contributed by atoms with Crippen LogP contribution in [0.4, 0.5) is 4.79 Å². The van der Waals surface area contributed by atoms with Crippen LogP contribution in [0.1, 0.15) is 18.4 Å². The Morgan fingerprint density at radius 2 is 1.94 bits per heavy atom. The molecule has 5 heteroatoms. The first kappa shape index (κ1) is 11.4. The predicted octanol–water partition coefficient (Wildman–Crippen LogP) is 1.78. The molecule has 90 valence electrons. The van der Waals surface area contributed by atoms with Crippen LogP contribution in [0, 0.1) is 5.92 Å². The molecule has 0 heterocycles. The first-order valence-electron chi connectivity index (χ1n) is 5.43. The molecule has 0 spiro atoms. The average Bonchev–Trinajstić information content (AvgIpc) is 3.19. The van der Waals surface area contributed by atoms with Gasteiger partial charge in [-0.05, 0) is 18.4 Å². The van der Waals surface area contributed by atoms with E-state index in [4.69, 9.17) is 4.74 Å². The van der Waals surface area contributed by atoms with Crippen molar-refractivity contribution >= 4 is 12.1 Å². The van der Waals surface area contributed by atoms with E-state index in [1.54, 1.807) is 0 Å². The molecule has 1 aromatic rings. The van der Waals surface area contributed by atoms with Crippen LogP contribution in [0.2, 0.25) is 0 Å². The lowest BCUT2D eigenvalue weighted by atomic mass is 10.2. The van der Waals surface area contributed by atoms with Crippen LogP contribution in [-0.2, 0) is 21.0 Å². The SMILES string of the molecule is O=C(NOC(=O)C1CC1)OCc1ccccc1. The lowest BCUT2D eigenvalue weighted by Gasteiger charge is -2.06. The van der Waals surface area contributed by atoms with Gasteiger partial charge in [-0.3, -0.25) is 0 Å². The van der Waals surface area contributed by atoms with E-state index < -0.39 is 12.1 Å². The third-order valence-corrected chi connectivity index (χ3v) is 2.36. The summed E-state index contributed by atoms with van der Waals surface area (Å²) in [6.07, 6.45) is 0.905. The van der Waals surface area contributed by atoms with Crippen molar-refractivity contribution in [1.29, 1.82) is 0 Å². The van der Waals surface area contributed by atoms with Crippen LogP contribution in [0.15, 0.2) is 30.3 Å². The summed E-state index contributed by atoms with van der Waals surface area (Å²) in [7, 11) is 0. The summed E-state index contributed by atoms with van der Waals surface area (Å²) in [6, 6.07) is 9.25. The van der Waals surface area contributed by atoms with Gasteiger partial charge < -0.3 is 9.57 Å². The van der Waals surface area contributed by atoms with E-state index in [9.17, 15) is 9.59 Å². The monoisotopic (exact) mass is 235 g/mol. The molecule has 0 radical (unpaired) electrons. The van der Waals surface area contributed by atoms with Crippen LogP contribution < -0.4 is 5.48 Å². The van der Waals surface area contributed by atoms with Crippen LogP contribution in [-0.4, -0.2) is 12.1 Å². The van der Waals surface area contributed by atoms with Crippen LogP contribution in [0.25, 0.3) is 0 Å². The summed E-state index contributed by atoms with van der Waals surface area (Å²) in [6.45, 7) is 0.146. The van der Waals surface area contributed by atoms with Crippen molar-refractivity contribution in [2.45, 2.75) is 19.4 Å². The van der Waals surface area contributed by atoms with Crippen LogP contribution >= 0.6 is 0 Å². The molecule has 1 aliphatic carbocycles. The van der Waals surface area contributed by atoms with E-state index >= 15 is 0 Å². The number of benzene rings is 1. The highest BCUT2D eigenvalue weighted by molar-refractivity contribution is 5.76. The molecule has 17 heavy (non-hydrogen) atoms. The first-order chi connectivity index (χ1) is 8.25. The van der Waals surface area contributed by atoms with Gasteiger partial charge in [0.2, 0.25) is 0 Å². The molecule has 1 saturated carbocycles. The van der Waals surface area contributed by atoms with Crippen molar-refractivity contribution in [3.8, 4) is 0 Å². The minimum atomic E-state index is -0.761. The number of carbonyl (C=O) groups is 2. The van der Waals surface area contributed by atoms with Gasteiger partial charge in [0.05, 0.1) is 5.92 Å². The molecule has 1 aromatic carbocycles. The number of amides is 1. The van der Waals surface area contributed by atoms with Gasteiger partial charge >= 0.3 is 12.1 Å². The smallest absolute Gasteiger partial charge is 0.441 e. The summed E-state index contributed by atoms with van der Waals surface area (Å²) in [5.41, 5.74) is 2.83. The number of hydroxylamine groups is 1. The van der Waals surface area contributed by atoms with Crippen molar-refractivity contribution < 1.29 is 19.2 Å². The van der Waals surface area contributed by atoms with Gasteiger partial charge in [0.25, 0.3) is 0 Å². The molecule has 1 N–H and O–H groups in total. The third-order valence-electron chi connectivity index (χ3n) is 2.36. The van der Waals surface area contributed by atoms with Crippen molar-refractivity contribution in [3.63, 3.8) is 0 Å². The fourth-order valence-corrected chi connectivity index (χ4v) is 1.25. The summed E-state index contributed by atoms with van der Waals surface area (Å²) < 4.78 is 4.85. The molecule has 2 rings (SSSR count). The Morgan fingerprint density at radius 3 is 2.59 bits per heavy atom. The number of rotatable bonds is 3. The van der Waals surface area contributed by atoms with E-state index in [0.29, 0.717) is 0 Å². The van der Waals surface area contributed by atoms with Gasteiger partial charge in [0.15, 0.2) is 0 Å². The lowest BCUT2D eigenvalue weighted by molar-refractivity contribution is -0.151. The summed E-state index contributed by atoms with van der Waals surface area (Å²) >= 11 is 0. The molecular formula is C12H13NO4. The van der Waals surface area contributed by atoms with Gasteiger partial charge in [-0.2, -0.15) is 0 Å². The lowest BCUT2D eigenvalue weighted by Crippen LogP contribution is -2.28. The van der Waals surface area contributed by atoms with Gasteiger partial charge in [-0.1, -0.05) is 30.3 Å². The Bertz CT molecular complexity index is 400. The second-order valence-electron chi connectivity index (χ2n) is 3.86. The fraction of sp³-hybridized carbons (Fsp3) is 0.333. The summed E-state index contributed by atoms with van der Waals surface area (Å²) in [4.78, 5) is 26.8. The molecule has 0 bridgehead atoms. The molecular weight excluding hydrogens is 222 g/mol. The number of hydrogen-bond donors (Lipinski definition) is 1. The van der Waals surface area contributed by atoms with E-state index in [1.807, 2.05) is 35.8 Å². The first-order valence-corrected chi connectivity index (χ1v) is 5.43. The number of nitrogens with one attached hydrogen (secondary N) is 1. The van der Waals surface area contributed by atoms with Gasteiger partial charge in [0.1, 0.15) is 6.61 Å². The molecule has 1 fully saturated rings. The number of carbonyl (C=O) groups excluding carboxylic acids is 2. The summed E-state index contributed by atoms with van der Waals surface area (Å²) in [5, 5.41) is 0. The maximum absolute atomic E-state index is 11.2. The zero-order valence-corrected chi connectivity index (χ0v) is 9.22. The van der Waals surface area contributed by atoms with Gasteiger partial charge in [0, 0.05) is 0 Å². The zero-order valence-electron chi connectivity index (χ0n) is 9.22. The maximum Gasteiger partial charge on any atom is 0.441 e. The Labute approximate surface area is 98.7 Å². The highest BCUT2D eigenvalue weighted by Gasteiger charge is 2.32. The fourth-order valence-electron chi connectivity index (χ4n) is 1.25. The Balaban J connectivity index is 1.65. The highest BCUT2D eigenvalue weighted by Crippen LogP contribution is 2.29. The van der Waals surface area contributed by atoms with E-state index in [1.165, 1.54) is 0 Å². The minimum absolute atomic E-state index is 0.0515. The van der Waals surface area contributed by atoms with Gasteiger partial charge in [-0.15, -0.1) is 5.48 Å². The number of hydrogen-bond acceptors (Lipinski definition) is 4. The Hall–Kier alpha value is -2.04. The molecule has 5 nitrogen and oxygen atoms in total. The Kier molecular flexibility index (Phi) is 3.59. The zero-order chi connectivity index (χ0) is 12.1. The quantitative estimate of drug-likeness (QED) is 0.811. The summed E-state index contributed by atoms with van der Waals surface area (Å²) in [5.74, 6) is -0.453. The highest BCUT2D eigenvalue weighted by atomic mass is 16.7. The Morgan fingerprint density at radius 1 is 1.24 bits per heavy atom. The van der Waals surface area contributed by atoms with E-state index in [0.717, 1.165) is 18.4 Å². The molecule has 1 amide bonds. The van der Waals surface area contributed by atoms with Crippen molar-refractivity contribution in [2.24, 2.45) is 5.92 Å². The predicted molar refractivity (Wildman–Crippen MR) is 58.6 cm³/mol. The minimum Gasteiger partial charge on any atom is -0.443 e. The van der Waals surface area contributed by atoms with Crippen molar-refractivity contribution in [2.75, 3.05) is 0 Å². The molecule has 0 saturated heterocycles. The molecule has 0 atom stereocenters. The topological polar surface area (TPSA) is 64.6 Å². The normalized spacial score (nSPS) is 13.9. The van der Waals surface area contributed by atoms with Crippen molar-refractivity contribution in [1.82, 2.24) is 5.48 Å². The second kappa shape index (κ2) is 5.34. The maximum atomic E-state index is 11.2.